The van der Waals surface area contributed by atoms with Gasteiger partial charge in [-0.2, -0.15) is 0 Å². The molecule has 0 radical (unpaired) electrons. The second kappa shape index (κ2) is 5.08. The number of allylic oxidation sites excluding steroid dienone is 1. The minimum atomic E-state index is -0.138. The van der Waals surface area contributed by atoms with Crippen LogP contribution >= 0.6 is 0 Å². The topological polar surface area (TPSA) is 42.2 Å². The van der Waals surface area contributed by atoms with Gasteiger partial charge in [-0.05, 0) is 32.9 Å². The first-order valence-electron chi connectivity index (χ1n) is 6.00. The predicted octanol–water partition coefficient (Wildman–Crippen LogP) is 3.58. The molecule has 1 heterocycles. The molecule has 0 fully saturated rings. The van der Waals surface area contributed by atoms with Gasteiger partial charge in [0.15, 0.2) is 0 Å². The van der Waals surface area contributed by atoms with E-state index in [0.29, 0.717) is 0 Å². The summed E-state index contributed by atoms with van der Waals surface area (Å²) in [6.45, 7) is 5.70. The van der Waals surface area contributed by atoms with E-state index < -0.39 is 0 Å². The van der Waals surface area contributed by atoms with E-state index in [1.807, 2.05) is 51.1 Å². The highest BCUT2D eigenvalue weighted by molar-refractivity contribution is 5.88. The lowest BCUT2D eigenvalue weighted by Crippen LogP contribution is -2.24. The number of carbonyl (C=O) groups excluding carboxylic acids is 1. The number of rotatable bonds is 3. The third-order valence-corrected chi connectivity index (χ3v) is 2.65. The maximum atomic E-state index is 11.6. The number of nitrogens with one attached hydrogen (secondary N) is 1. The summed E-state index contributed by atoms with van der Waals surface area (Å²) in [4.78, 5) is 11.6. The monoisotopic (exact) mass is 243 g/mol. The first-order chi connectivity index (χ1) is 8.56. The van der Waals surface area contributed by atoms with Gasteiger partial charge in [0, 0.05) is 11.5 Å². The van der Waals surface area contributed by atoms with Gasteiger partial charge in [-0.3, -0.25) is 4.79 Å². The number of amides is 1. The van der Waals surface area contributed by atoms with Gasteiger partial charge in [-0.15, -0.1) is 0 Å². The number of furan rings is 1. The third-order valence-electron chi connectivity index (χ3n) is 2.65. The van der Waals surface area contributed by atoms with Crippen molar-refractivity contribution < 1.29 is 9.21 Å². The molecule has 0 saturated carbocycles. The van der Waals surface area contributed by atoms with Gasteiger partial charge in [0.2, 0.25) is 5.91 Å². The zero-order valence-electron chi connectivity index (χ0n) is 10.9. The fourth-order valence-corrected chi connectivity index (χ4v) is 1.80. The van der Waals surface area contributed by atoms with Crippen molar-refractivity contribution in [3.63, 3.8) is 0 Å². The summed E-state index contributed by atoms with van der Waals surface area (Å²) in [5.74, 6) is 0.676. The highest BCUT2D eigenvalue weighted by Gasteiger charge is 2.12. The van der Waals surface area contributed by atoms with Gasteiger partial charge in [-0.1, -0.05) is 23.8 Å². The average molecular weight is 243 g/mol. The predicted molar refractivity (Wildman–Crippen MR) is 72.2 cm³/mol. The van der Waals surface area contributed by atoms with E-state index in [9.17, 15) is 4.79 Å². The Balaban J connectivity index is 2.16. The zero-order valence-corrected chi connectivity index (χ0v) is 10.9. The largest absolute Gasteiger partial charge is 0.459 e. The number of benzene rings is 1. The van der Waals surface area contributed by atoms with Crippen LogP contribution in [0.1, 0.15) is 32.6 Å². The van der Waals surface area contributed by atoms with Crippen LogP contribution in [0.5, 0.6) is 0 Å². The van der Waals surface area contributed by atoms with Crippen LogP contribution in [0.2, 0.25) is 0 Å². The summed E-state index contributed by atoms with van der Waals surface area (Å²) in [7, 11) is 0. The van der Waals surface area contributed by atoms with Gasteiger partial charge in [0.1, 0.15) is 11.3 Å². The fourth-order valence-electron chi connectivity index (χ4n) is 1.80. The minimum absolute atomic E-state index is 0.0945. The van der Waals surface area contributed by atoms with Crippen LogP contribution in [0.3, 0.4) is 0 Å². The normalized spacial score (nSPS) is 12.2. The van der Waals surface area contributed by atoms with Crippen LogP contribution in [-0.4, -0.2) is 5.91 Å². The maximum absolute atomic E-state index is 11.6. The quantitative estimate of drug-likeness (QED) is 0.837. The van der Waals surface area contributed by atoms with Crippen LogP contribution in [0.4, 0.5) is 0 Å². The fraction of sp³-hybridized carbons (Fsp3) is 0.267. The number of para-hydroxylation sites is 1. The van der Waals surface area contributed by atoms with Gasteiger partial charge in [-0.25, -0.2) is 0 Å². The lowest BCUT2D eigenvalue weighted by Gasteiger charge is -2.09. The second-order valence-electron chi connectivity index (χ2n) is 4.64. The van der Waals surface area contributed by atoms with Crippen molar-refractivity contribution >= 4 is 16.9 Å². The molecule has 0 spiro atoms. The highest BCUT2D eigenvalue weighted by atomic mass is 16.3. The highest BCUT2D eigenvalue weighted by Crippen LogP contribution is 2.23. The Morgan fingerprint density at radius 2 is 2.06 bits per heavy atom. The molecule has 1 amide bonds. The van der Waals surface area contributed by atoms with Crippen molar-refractivity contribution in [2.45, 2.75) is 26.8 Å². The molecule has 18 heavy (non-hydrogen) atoms. The Hall–Kier alpha value is -2.03. The summed E-state index contributed by atoms with van der Waals surface area (Å²) in [5.41, 5.74) is 1.82. The van der Waals surface area contributed by atoms with Crippen LogP contribution in [0.25, 0.3) is 11.0 Å². The molecule has 1 N–H and O–H groups in total. The molecule has 0 aliphatic rings. The molecule has 1 unspecified atom stereocenters. The van der Waals surface area contributed by atoms with Crippen molar-refractivity contribution in [3.05, 3.63) is 47.7 Å². The van der Waals surface area contributed by atoms with Gasteiger partial charge < -0.3 is 9.73 Å². The molecule has 0 aliphatic heterocycles. The standard InChI is InChI=1S/C15H17NO2/c1-10(2)8-15(17)16-11(3)14-9-12-6-4-5-7-13(12)18-14/h4-9,11H,1-3H3,(H,16,17). The molecule has 2 aromatic rings. The van der Waals surface area contributed by atoms with E-state index in [2.05, 4.69) is 5.32 Å². The summed E-state index contributed by atoms with van der Waals surface area (Å²) < 4.78 is 5.70. The van der Waals surface area contributed by atoms with Crippen molar-refractivity contribution in [3.8, 4) is 0 Å². The molecule has 1 atom stereocenters. The van der Waals surface area contributed by atoms with E-state index in [1.54, 1.807) is 6.08 Å². The Kier molecular flexibility index (Phi) is 3.51. The lowest BCUT2D eigenvalue weighted by atomic mass is 10.2. The molecule has 1 aromatic carbocycles. The molecular weight excluding hydrogens is 226 g/mol. The van der Waals surface area contributed by atoms with Crippen molar-refractivity contribution in [1.29, 1.82) is 0 Å². The molecule has 1 aromatic heterocycles. The molecule has 0 bridgehead atoms. The third kappa shape index (κ3) is 2.80. The van der Waals surface area contributed by atoms with E-state index >= 15 is 0 Å². The second-order valence-corrected chi connectivity index (χ2v) is 4.64. The van der Waals surface area contributed by atoms with E-state index in [1.165, 1.54) is 0 Å². The number of hydrogen-bond donors (Lipinski definition) is 1. The van der Waals surface area contributed by atoms with E-state index in [0.717, 1.165) is 22.3 Å². The summed E-state index contributed by atoms with van der Waals surface area (Å²) >= 11 is 0. The molecule has 0 saturated heterocycles. The van der Waals surface area contributed by atoms with E-state index in [-0.39, 0.29) is 11.9 Å². The first kappa shape index (κ1) is 12.4. The number of fused-ring (bicyclic) bond motifs is 1. The number of carbonyl (C=O) groups is 1. The van der Waals surface area contributed by atoms with Gasteiger partial charge in [0.05, 0.1) is 6.04 Å². The van der Waals surface area contributed by atoms with Gasteiger partial charge >= 0.3 is 0 Å². The van der Waals surface area contributed by atoms with Crippen molar-refractivity contribution in [2.24, 2.45) is 0 Å². The maximum Gasteiger partial charge on any atom is 0.244 e. The average Bonchev–Trinajstić information content (AvgIpc) is 2.71. The smallest absolute Gasteiger partial charge is 0.244 e. The van der Waals surface area contributed by atoms with Crippen LogP contribution in [0, 0.1) is 0 Å². The SMILES string of the molecule is CC(C)=CC(=O)NC(C)c1cc2ccccc2o1. The molecular formula is C15H17NO2. The Labute approximate surface area is 106 Å². The molecule has 3 heteroatoms. The Morgan fingerprint density at radius 1 is 1.33 bits per heavy atom. The summed E-state index contributed by atoms with van der Waals surface area (Å²) in [5, 5.41) is 3.93. The minimum Gasteiger partial charge on any atom is -0.459 e. The lowest BCUT2D eigenvalue weighted by molar-refractivity contribution is -0.117. The molecule has 3 nitrogen and oxygen atoms in total. The summed E-state index contributed by atoms with van der Waals surface area (Å²) in [6, 6.07) is 9.63. The zero-order chi connectivity index (χ0) is 13.1. The Bertz CT molecular complexity index is 558. The molecule has 94 valence electrons. The molecule has 0 aliphatic carbocycles. The van der Waals surface area contributed by atoms with Crippen LogP contribution in [-0.2, 0) is 4.79 Å². The summed E-state index contributed by atoms with van der Waals surface area (Å²) in [6.07, 6.45) is 1.58. The van der Waals surface area contributed by atoms with E-state index in [4.69, 9.17) is 4.42 Å². The van der Waals surface area contributed by atoms with Crippen molar-refractivity contribution in [2.75, 3.05) is 0 Å². The van der Waals surface area contributed by atoms with Gasteiger partial charge in [0.25, 0.3) is 0 Å². The number of hydrogen-bond acceptors (Lipinski definition) is 2. The van der Waals surface area contributed by atoms with Crippen molar-refractivity contribution in [1.82, 2.24) is 5.32 Å². The first-order valence-corrected chi connectivity index (χ1v) is 6.00. The molecule has 2 rings (SSSR count). The van der Waals surface area contributed by atoms with Crippen LogP contribution < -0.4 is 5.32 Å². The van der Waals surface area contributed by atoms with Crippen LogP contribution in [0.15, 0.2) is 46.4 Å². The Morgan fingerprint density at radius 3 is 2.72 bits per heavy atom.